The molecule has 0 spiro atoms. The second-order valence-electron chi connectivity index (χ2n) is 5.72. The van der Waals surface area contributed by atoms with Crippen molar-refractivity contribution in [1.29, 1.82) is 0 Å². The predicted molar refractivity (Wildman–Crippen MR) is 61.0 cm³/mol. The van der Waals surface area contributed by atoms with Gasteiger partial charge < -0.3 is 15.3 Å². The molecule has 6 nitrogen and oxygen atoms in total. The molecule has 1 fully saturated rings. The number of rotatable bonds is 3. The zero-order valence-electron chi connectivity index (χ0n) is 10.6. The highest BCUT2D eigenvalue weighted by Gasteiger charge is 2.59. The topological polar surface area (TPSA) is 112 Å². The second-order valence-corrected chi connectivity index (χ2v) is 5.72. The smallest absolute Gasteiger partial charge is 0.309 e. The summed E-state index contributed by atoms with van der Waals surface area (Å²) in [7, 11) is 0. The van der Waals surface area contributed by atoms with Crippen molar-refractivity contribution < 1.29 is 29.7 Å². The first-order chi connectivity index (χ1) is 8.04. The first kappa shape index (κ1) is 14.5. The Morgan fingerprint density at radius 3 is 1.83 bits per heavy atom. The van der Waals surface area contributed by atoms with E-state index >= 15 is 0 Å². The van der Waals surface area contributed by atoms with Crippen LogP contribution in [0.1, 0.15) is 33.6 Å². The van der Waals surface area contributed by atoms with Gasteiger partial charge in [-0.2, -0.15) is 0 Å². The van der Waals surface area contributed by atoms with E-state index in [1.807, 2.05) is 0 Å². The van der Waals surface area contributed by atoms with Gasteiger partial charge in [-0.1, -0.05) is 13.8 Å². The van der Waals surface area contributed by atoms with Crippen LogP contribution in [0.4, 0.5) is 0 Å². The van der Waals surface area contributed by atoms with Gasteiger partial charge in [0, 0.05) is 0 Å². The standard InChI is InChI=1S/C12H18O6/c1-11(2)7(9(15)16)4-6(8(13)14)5-12(11,3)10(17)18/h6-7H,4-5H2,1-3H3,(H,13,14)(H,15,16)(H,17,18). The molecule has 102 valence electrons. The summed E-state index contributed by atoms with van der Waals surface area (Å²) >= 11 is 0. The molecule has 0 aromatic rings. The molecule has 0 aromatic carbocycles. The van der Waals surface area contributed by atoms with Crippen LogP contribution in [0.25, 0.3) is 0 Å². The maximum absolute atomic E-state index is 11.4. The fourth-order valence-corrected chi connectivity index (χ4v) is 2.76. The third-order valence-corrected chi connectivity index (χ3v) is 4.59. The van der Waals surface area contributed by atoms with Crippen molar-refractivity contribution in [2.45, 2.75) is 33.6 Å². The zero-order valence-corrected chi connectivity index (χ0v) is 10.6. The molecular weight excluding hydrogens is 240 g/mol. The second kappa shape index (κ2) is 4.26. The van der Waals surface area contributed by atoms with Crippen molar-refractivity contribution in [2.75, 3.05) is 0 Å². The molecule has 0 amide bonds. The van der Waals surface area contributed by atoms with Crippen molar-refractivity contribution in [3.05, 3.63) is 0 Å². The molecule has 1 aliphatic carbocycles. The van der Waals surface area contributed by atoms with Gasteiger partial charge in [0.25, 0.3) is 0 Å². The SMILES string of the molecule is CC1(C(=O)O)CC(C(=O)O)CC(C(=O)O)C1(C)C. The fourth-order valence-electron chi connectivity index (χ4n) is 2.76. The highest BCUT2D eigenvalue weighted by Crippen LogP contribution is 2.55. The molecule has 6 heteroatoms. The Hall–Kier alpha value is -1.59. The molecule has 0 saturated heterocycles. The van der Waals surface area contributed by atoms with Crippen molar-refractivity contribution in [3.63, 3.8) is 0 Å². The van der Waals surface area contributed by atoms with E-state index in [9.17, 15) is 24.6 Å². The molecule has 18 heavy (non-hydrogen) atoms. The van der Waals surface area contributed by atoms with Crippen LogP contribution in [0, 0.1) is 22.7 Å². The van der Waals surface area contributed by atoms with Crippen molar-refractivity contribution >= 4 is 17.9 Å². The van der Waals surface area contributed by atoms with Crippen molar-refractivity contribution in [2.24, 2.45) is 22.7 Å². The van der Waals surface area contributed by atoms with E-state index in [4.69, 9.17) is 5.11 Å². The molecule has 3 N–H and O–H groups in total. The third-order valence-electron chi connectivity index (χ3n) is 4.59. The Bertz CT molecular complexity index is 399. The Kier molecular flexibility index (Phi) is 3.42. The number of carbonyl (C=O) groups is 3. The minimum Gasteiger partial charge on any atom is -0.481 e. The molecule has 1 saturated carbocycles. The Morgan fingerprint density at radius 2 is 1.50 bits per heavy atom. The maximum atomic E-state index is 11.4. The van der Waals surface area contributed by atoms with Crippen LogP contribution >= 0.6 is 0 Å². The average molecular weight is 258 g/mol. The van der Waals surface area contributed by atoms with E-state index in [1.165, 1.54) is 6.92 Å². The van der Waals surface area contributed by atoms with Crippen molar-refractivity contribution in [3.8, 4) is 0 Å². The van der Waals surface area contributed by atoms with Gasteiger partial charge in [-0.3, -0.25) is 14.4 Å². The number of hydrogen-bond donors (Lipinski definition) is 3. The summed E-state index contributed by atoms with van der Waals surface area (Å²) in [4.78, 5) is 33.8. The summed E-state index contributed by atoms with van der Waals surface area (Å²) < 4.78 is 0. The monoisotopic (exact) mass is 258 g/mol. The van der Waals surface area contributed by atoms with Gasteiger partial charge in [-0.25, -0.2) is 0 Å². The average Bonchev–Trinajstić information content (AvgIpc) is 2.20. The normalized spacial score (nSPS) is 34.8. The minimum absolute atomic E-state index is 0.0272. The number of carboxylic acid groups (broad SMARTS) is 3. The zero-order chi connectivity index (χ0) is 14.3. The number of hydrogen-bond acceptors (Lipinski definition) is 3. The quantitative estimate of drug-likeness (QED) is 0.703. The maximum Gasteiger partial charge on any atom is 0.309 e. The van der Waals surface area contributed by atoms with Gasteiger partial charge in [0.15, 0.2) is 0 Å². The Morgan fingerprint density at radius 1 is 1.00 bits per heavy atom. The Balaban J connectivity index is 3.28. The summed E-state index contributed by atoms with van der Waals surface area (Å²) in [6.45, 7) is 4.59. The molecule has 1 aliphatic rings. The van der Waals surface area contributed by atoms with Crippen LogP contribution in [0.3, 0.4) is 0 Å². The van der Waals surface area contributed by atoms with E-state index in [-0.39, 0.29) is 12.8 Å². The first-order valence-corrected chi connectivity index (χ1v) is 5.73. The summed E-state index contributed by atoms with van der Waals surface area (Å²) in [5.74, 6) is -5.33. The summed E-state index contributed by atoms with van der Waals surface area (Å²) in [5.41, 5.74) is -2.37. The van der Waals surface area contributed by atoms with Crippen LogP contribution in [0.2, 0.25) is 0 Å². The Labute approximate surface area is 105 Å². The minimum atomic E-state index is -1.36. The predicted octanol–water partition coefficient (Wildman–Crippen LogP) is 1.30. The lowest BCUT2D eigenvalue weighted by atomic mass is 9.51. The van der Waals surface area contributed by atoms with E-state index in [2.05, 4.69) is 0 Å². The van der Waals surface area contributed by atoms with Crippen molar-refractivity contribution in [1.82, 2.24) is 0 Å². The lowest BCUT2D eigenvalue weighted by molar-refractivity contribution is -0.177. The van der Waals surface area contributed by atoms with E-state index in [0.29, 0.717) is 0 Å². The van der Waals surface area contributed by atoms with Gasteiger partial charge in [-0.05, 0) is 25.2 Å². The highest BCUT2D eigenvalue weighted by atomic mass is 16.4. The van der Waals surface area contributed by atoms with Crippen LogP contribution in [0.5, 0.6) is 0 Å². The molecular formula is C12H18O6. The van der Waals surface area contributed by atoms with E-state index in [1.54, 1.807) is 13.8 Å². The molecule has 0 heterocycles. The summed E-state index contributed by atoms with van der Waals surface area (Å²) in [6, 6.07) is 0. The van der Waals surface area contributed by atoms with Gasteiger partial charge >= 0.3 is 17.9 Å². The molecule has 1 rings (SSSR count). The first-order valence-electron chi connectivity index (χ1n) is 5.73. The fraction of sp³-hybridized carbons (Fsp3) is 0.750. The summed E-state index contributed by atoms with van der Waals surface area (Å²) in [5, 5.41) is 27.6. The molecule has 0 aromatic heterocycles. The van der Waals surface area contributed by atoms with E-state index in [0.717, 1.165) is 0 Å². The third kappa shape index (κ3) is 1.95. The van der Waals surface area contributed by atoms with Gasteiger partial charge in [0.05, 0.1) is 17.3 Å². The van der Waals surface area contributed by atoms with Crippen LogP contribution < -0.4 is 0 Å². The van der Waals surface area contributed by atoms with Gasteiger partial charge in [0.1, 0.15) is 0 Å². The molecule has 0 aliphatic heterocycles. The molecule has 3 unspecified atom stereocenters. The van der Waals surface area contributed by atoms with Crippen LogP contribution in [0.15, 0.2) is 0 Å². The largest absolute Gasteiger partial charge is 0.481 e. The van der Waals surface area contributed by atoms with Crippen LogP contribution in [-0.4, -0.2) is 33.2 Å². The van der Waals surface area contributed by atoms with Gasteiger partial charge in [-0.15, -0.1) is 0 Å². The lowest BCUT2D eigenvalue weighted by Gasteiger charge is -2.50. The number of carboxylic acids is 3. The lowest BCUT2D eigenvalue weighted by Crippen LogP contribution is -2.54. The molecule has 3 atom stereocenters. The molecule has 0 radical (unpaired) electrons. The van der Waals surface area contributed by atoms with Gasteiger partial charge in [0.2, 0.25) is 0 Å². The van der Waals surface area contributed by atoms with Crippen LogP contribution in [-0.2, 0) is 14.4 Å². The highest BCUT2D eigenvalue weighted by molar-refractivity contribution is 5.81. The molecule has 0 bridgehead atoms. The van der Waals surface area contributed by atoms with E-state index < -0.39 is 40.6 Å². The number of aliphatic carboxylic acids is 3. The summed E-state index contributed by atoms with van der Waals surface area (Å²) in [6.07, 6.45) is -0.0744.